The SMILES string of the molecule is CCCNCC1(CN(C)CC(C)(C)C)CCCOC1. The Hall–Kier alpha value is -0.120. The third kappa shape index (κ3) is 6.73. The quantitative estimate of drug-likeness (QED) is 0.720. The van der Waals surface area contributed by atoms with Gasteiger partial charge in [-0.25, -0.2) is 0 Å². The second-order valence-corrected chi connectivity index (χ2v) is 7.57. The minimum absolute atomic E-state index is 0.313. The van der Waals surface area contributed by atoms with Crippen LogP contribution < -0.4 is 5.32 Å². The van der Waals surface area contributed by atoms with Crippen molar-refractivity contribution in [1.82, 2.24) is 10.2 Å². The summed E-state index contributed by atoms with van der Waals surface area (Å²) in [7, 11) is 2.25. The van der Waals surface area contributed by atoms with E-state index in [4.69, 9.17) is 4.74 Å². The van der Waals surface area contributed by atoms with Gasteiger partial charge >= 0.3 is 0 Å². The molecule has 0 aromatic carbocycles. The Morgan fingerprint density at radius 1 is 1.32 bits per heavy atom. The number of rotatable bonds is 7. The van der Waals surface area contributed by atoms with Crippen molar-refractivity contribution >= 4 is 0 Å². The molecule has 1 rings (SSSR count). The summed E-state index contributed by atoms with van der Waals surface area (Å²) in [6.07, 6.45) is 3.70. The van der Waals surface area contributed by atoms with Gasteiger partial charge in [0.1, 0.15) is 0 Å². The van der Waals surface area contributed by atoms with E-state index >= 15 is 0 Å². The molecule has 1 aliphatic rings. The van der Waals surface area contributed by atoms with Crippen LogP contribution in [0.5, 0.6) is 0 Å². The minimum atomic E-state index is 0.313. The van der Waals surface area contributed by atoms with Crippen molar-refractivity contribution in [2.24, 2.45) is 10.8 Å². The van der Waals surface area contributed by atoms with Gasteiger partial charge in [-0.1, -0.05) is 27.7 Å². The molecular weight excluding hydrogens is 236 g/mol. The summed E-state index contributed by atoms with van der Waals surface area (Å²) in [5.74, 6) is 0. The van der Waals surface area contributed by atoms with Crippen molar-refractivity contribution in [2.75, 3.05) is 46.4 Å². The lowest BCUT2D eigenvalue weighted by Crippen LogP contribution is -2.49. The standard InChI is InChI=1S/C16H34N2O/c1-6-9-17-11-16(8-7-10-19-14-16)13-18(5)12-15(2,3)4/h17H,6-14H2,1-5H3. The zero-order valence-corrected chi connectivity index (χ0v) is 13.7. The molecular formula is C16H34N2O. The zero-order valence-electron chi connectivity index (χ0n) is 13.7. The van der Waals surface area contributed by atoms with Gasteiger partial charge in [-0.15, -0.1) is 0 Å². The number of nitrogens with zero attached hydrogens (tertiary/aromatic N) is 1. The summed E-state index contributed by atoms with van der Waals surface area (Å²) in [6.45, 7) is 15.5. The maximum atomic E-state index is 5.78. The van der Waals surface area contributed by atoms with Gasteiger partial charge in [-0.3, -0.25) is 0 Å². The summed E-state index contributed by atoms with van der Waals surface area (Å²) < 4.78 is 5.78. The van der Waals surface area contributed by atoms with Gasteiger partial charge in [-0.05, 0) is 38.3 Å². The fraction of sp³-hybridized carbons (Fsp3) is 1.00. The molecule has 0 amide bonds. The molecule has 3 heteroatoms. The Balaban J connectivity index is 2.53. The van der Waals surface area contributed by atoms with E-state index in [-0.39, 0.29) is 0 Å². The van der Waals surface area contributed by atoms with Crippen LogP contribution in [0.3, 0.4) is 0 Å². The lowest BCUT2D eigenvalue weighted by atomic mass is 9.81. The molecule has 3 nitrogen and oxygen atoms in total. The van der Waals surface area contributed by atoms with Crippen molar-refractivity contribution < 1.29 is 4.74 Å². The molecule has 1 heterocycles. The van der Waals surface area contributed by atoms with Crippen LogP contribution in [0, 0.1) is 10.8 Å². The number of hydrogen-bond acceptors (Lipinski definition) is 3. The van der Waals surface area contributed by atoms with Crippen molar-refractivity contribution in [1.29, 1.82) is 0 Å². The van der Waals surface area contributed by atoms with Gasteiger partial charge in [-0.2, -0.15) is 0 Å². The zero-order chi connectivity index (χ0) is 14.4. The average Bonchev–Trinajstić information content (AvgIpc) is 2.27. The Bertz CT molecular complexity index is 242. The molecule has 1 saturated heterocycles. The van der Waals surface area contributed by atoms with Crippen molar-refractivity contribution in [3.05, 3.63) is 0 Å². The van der Waals surface area contributed by atoms with Crippen LogP contribution in [0.25, 0.3) is 0 Å². The van der Waals surface area contributed by atoms with E-state index in [0.29, 0.717) is 10.8 Å². The smallest absolute Gasteiger partial charge is 0.0546 e. The van der Waals surface area contributed by atoms with Crippen LogP contribution in [0.2, 0.25) is 0 Å². The predicted molar refractivity (Wildman–Crippen MR) is 82.6 cm³/mol. The maximum absolute atomic E-state index is 5.78. The van der Waals surface area contributed by atoms with E-state index < -0.39 is 0 Å². The molecule has 0 bridgehead atoms. The molecule has 1 aliphatic heterocycles. The fourth-order valence-corrected chi connectivity index (χ4v) is 3.20. The van der Waals surface area contributed by atoms with Crippen LogP contribution >= 0.6 is 0 Å². The maximum Gasteiger partial charge on any atom is 0.0546 e. The fourth-order valence-electron chi connectivity index (χ4n) is 3.20. The van der Waals surface area contributed by atoms with Crippen LogP contribution in [0.4, 0.5) is 0 Å². The van der Waals surface area contributed by atoms with Gasteiger partial charge in [0.05, 0.1) is 6.61 Å². The van der Waals surface area contributed by atoms with Gasteiger partial charge in [0.15, 0.2) is 0 Å². The third-order valence-corrected chi connectivity index (χ3v) is 3.68. The van der Waals surface area contributed by atoms with Gasteiger partial charge < -0.3 is 15.0 Å². The second-order valence-electron chi connectivity index (χ2n) is 7.57. The highest BCUT2D eigenvalue weighted by atomic mass is 16.5. The first-order valence-electron chi connectivity index (χ1n) is 7.84. The summed E-state index contributed by atoms with van der Waals surface area (Å²) in [6, 6.07) is 0. The molecule has 1 atom stereocenters. The van der Waals surface area contributed by atoms with Crippen molar-refractivity contribution in [2.45, 2.75) is 47.0 Å². The molecule has 19 heavy (non-hydrogen) atoms. The summed E-state index contributed by atoms with van der Waals surface area (Å²) in [5.41, 5.74) is 0.676. The first-order chi connectivity index (χ1) is 8.87. The third-order valence-electron chi connectivity index (χ3n) is 3.68. The van der Waals surface area contributed by atoms with Gasteiger partial charge in [0.25, 0.3) is 0 Å². The summed E-state index contributed by atoms with van der Waals surface area (Å²) in [4.78, 5) is 2.49. The highest BCUT2D eigenvalue weighted by molar-refractivity contribution is 4.87. The van der Waals surface area contributed by atoms with E-state index in [0.717, 1.165) is 39.4 Å². The largest absolute Gasteiger partial charge is 0.381 e. The van der Waals surface area contributed by atoms with E-state index in [1.165, 1.54) is 19.3 Å². The van der Waals surface area contributed by atoms with Crippen LogP contribution in [0.15, 0.2) is 0 Å². The predicted octanol–water partition coefficient (Wildman–Crippen LogP) is 2.76. The Morgan fingerprint density at radius 2 is 2.05 bits per heavy atom. The first kappa shape index (κ1) is 16.9. The van der Waals surface area contributed by atoms with E-state index in [9.17, 15) is 0 Å². The molecule has 1 unspecified atom stereocenters. The lowest BCUT2D eigenvalue weighted by Gasteiger charge is -2.41. The molecule has 0 aromatic rings. The van der Waals surface area contributed by atoms with E-state index in [1.54, 1.807) is 0 Å². The second kappa shape index (κ2) is 7.61. The Labute approximate surface area is 120 Å². The monoisotopic (exact) mass is 270 g/mol. The Kier molecular flexibility index (Phi) is 6.78. The van der Waals surface area contributed by atoms with Gasteiger partial charge in [0.2, 0.25) is 0 Å². The number of hydrogen-bond donors (Lipinski definition) is 1. The van der Waals surface area contributed by atoms with E-state index in [2.05, 4.69) is 45.0 Å². The topological polar surface area (TPSA) is 24.5 Å². The molecule has 0 aliphatic carbocycles. The minimum Gasteiger partial charge on any atom is -0.381 e. The van der Waals surface area contributed by atoms with Crippen LogP contribution in [0.1, 0.15) is 47.0 Å². The molecule has 0 saturated carbocycles. The molecule has 0 spiro atoms. The first-order valence-corrected chi connectivity index (χ1v) is 7.84. The molecule has 1 N–H and O–H groups in total. The molecule has 114 valence electrons. The summed E-state index contributed by atoms with van der Waals surface area (Å²) >= 11 is 0. The highest BCUT2D eigenvalue weighted by Crippen LogP contribution is 2.29. The Morgan fingerprint density at radius 3 is 2.58 bits per heavy atom. The van der Waals surface area contributed by atoms with Crippen molar-refractivity contribution in [3.8, 4) is 0 Å². The molecule has 1 fully saturated rings. The van der Waals surface area contributed by atoms with Gasteiger partial charge in [0, 0.05) is 31.7 Å². The lowest BCUT2D eigenvalue weighted by molar-refractivity contribution is -0.0259. The highest BCUT2D eigenvalue weighted by Gasteiger charge is 2.34. The van der Waals surface area contributed by atoms with Crippen molar-refractivity contribution in [3.63, 3.8) is 0 Å². The molecule has 0 radical (unpaired) electrons. The van der Waals surface area contributed by atoms with E-state index in [1.807, 2.05) is 0 Å². The number of nitrogens with one attached hydrogen (secondary N) is 1. The average molecular weight is 270 g/mol. The van der Waals surface area contributed by atoms with Crippen LogP contribution in [-0.4, -0.2) is 51.3 Å². The number of ether oxygens (including phenoxy) is 1. The molecule has 0 aromatic heterocycles. The summed E-state index contributed by atoms with van der Waals surface area (Å²) in [5, 5.41) is 3.61. The normalized spacial score (nSPS) is 24.9. The van der Waals surface area contributed by atoms with Crippen LogP contribution in [-0.2, 0) is 4.74 Å².